The second kappa shape index (κ2) is 7.14. The lowest BCUT2D eigenvalue weighted by molar-refractivity contribution is 0.112. The number of carbonyl (C=O) groups is 1. The molecule has 0 amide bonds. The summed E-state index contributed by atoms with van der Waals surface area (Å²) in [5.74, 6) is -0.351. The summed E-state index contributed by atoms with van der Waals surface area (Å²) < 4.78 is 13.4. The number of aldehydes is 1. The van der Waals surface area contributed by atoms with Gasteiger partial charge in [0.25, 0.3) is 0 Å². The highest BCUT2D eigenvalue weighted by Crippen LogP contribution is 2.21. The Bertz CT molecular complexity index is 390. The molecule has 3 heteroatoms. The molecule has 0 saturated carbocycles. The predicted octanol–water partition coefficient (Wildman–Crippen LogP) is 4.04. The molecule has 0 heterocycles. The van der Waals surface area contributed by atoms with Gasteiger partial charge < -0.3 is 4.90 Å². The number of nitrogens with zero attached hydrogens (tertiary/aromatic N) is 1. The number of unbranched alkanes of at least 4 members (excludes halogenated alkanes) is 2. The second-order valence-corrected chi connectivity index (χ2v) is 4.85. The third kappa shape index (κ3) is 4.13. The van der Waals surface area contributed by atoms with E-state index in [9.17, 15) is 9.18 Å². The van der Waals surface area contributed by atoms with E-state index in [1.54, 1.807) is 6.07 Å². The van der Waals surface area contributed by atoms with Crippen LogP contribution in [0, 0.1) is 5.82 Å². The quantitative estimate of drug-likeness (QED) is 0.538. The summed E-state index contributed by atoms with van der Waals surface area (Å²) >= 11 is 0. The fourth-order valence-electron chi connectivity index (χ4n) is 2.05. The lowest BCUT2D eigenvalue weighted by Crippen LogP contribution is -2.31. The summed E-state index contributed by atoms with van der Waals surface area (Å²) in [7, 11) is 0. The molecule has 0 atom stereocenters. The first-order valence-corrected chi connectivity index (χ1v) is 6.61. The summed E-state index contributed by atoms with van der Waals surface area (Å²) in [4.78, 5) is 12.9. The van der Waals surface area contributed by atoms with E-state index in [1.807, 2.05) is 0 Å². The maximum absolute atomic E-state index is 13.4. The van der Waals surface area contributed by atoms with Gasteiger partial charge in [0.1, 0.15) is 12.1 Å². The summed E-state index contributed by atoms with van der Waals surface area (Å²) in [6.07, 6.45) is 4.10. The van der Waals surface area contributed by atoms with Crippen LogP contribution in [0.5, 0.6) is 0 Å². The normalized spacial score (nSPS) is 10.7. The minimum Gasteiger partial charge on any atom is -0.369 e. The van der Waals surface area contributed by atoms with Gasteiger partial charge in [-0.1, -0.05) is 19.8 Å². The van der Waals surface area contributed by atoms with Crippen LogP contribution in [0.4, 0.5) is 10.1 Å². The first-order valence-electron chi connectivity index (χ1n) is 6.61. The molecule has 1 aromatic carbocycles. The molecule has 0 fully saturated rings. The SMILES string of the molecule is CCCCCN(c1cc(F)cc(C=O)c1)C(C)C. The van der Waals surface area contributed by atoms with Crippen LogP contribution >= 0.6 is 0 Å². The molecule has 100 valence electrons. The number of anilines is 1. The van der Waals surface area contributed by atoms with Crippen molar-refractivity contribution in [2.24, 2.45) is 0 Å². The number of rotatable bonds is 7. The summed E-state index contributed by atoms with van der Waals surface area (Å²) in [6.45, 7) is 7.22. The molecular weight excluding hydrogens is 229 g/mol. The highest BCUT2D eigenvalue weighted by molar-refractivity contribution is 5.77. The van der Waals surface area contributed by atoms with Crippen molar-refractivity contribution in [2.45, 2.75) is 46.1 Å². The Labute approximate surface area is 109 Å². The maximum atomic E-state index is 13.4. The number of carbonyl (C=O) groups excluding carboxylic acids is 1. The second-order valence-electron chi connectivity index (χ2n) is 4.85. The Kier molecular flexibility index (Phi) is 5.83. The van der Waals surface area contributed by atoms with Crippen LogP contribution in [0.1, 0.15) is 50.4 Å². The van der Waals surface area contributed by atoms with Crippen LogP contribution in [0.3, 0.4) is 0 Å². The molecule has 0 aliphatic heterocycles. The van der Waals surface area contributed by atoms with Gasteiger partial charge in [0, 0.05) is 23.8 Å². The Hall–Kier alpha value is -1.38. The van der Waals surface area contributed by atoms with Crippen molar-refractivity contribution in [3.8, 4) is 0 Å². The maximum Gasteiger partial charge on any atom is 0.150 e. The third-order valence-corrected chi connectivity index (χ3v) is 3.00. The van der Waals surface area contributed by atoms with Gasteiger partial charge in [-0.25, -0.2) is 4.39 Å². The monoisotopic (exact) mass is 251 g/mol. The molecule has 0 radical (unpaired) electrons. The van der Waals surface area contributed by atoms with Gasteiger partial charge in [-0.3, -0.25) is 4.79 Å². The van der Waals surface area contributed by atoms with Gasteiger partial charge in [0.15, 0.2) is 0 Å². The lowest BCUT2D eigenvalue weighted by Gasteiger charge is -2.29. The zero-order valence-corrected chi connectivity index (χ0v) is 11.4. The molecule has 0 bridgehead atoms. The first-order chi connectivity index (χ1) is 8.58. The standard InChI is InChI=1S/C15H22FNO/c1-4-5-6-7-17(12(2)3)15-9-13(11-18)8-14(16)10-15/h8-12H,4-7H2,1-3H3. The van der Waals surface area contributed by atoms with Gasteiger partial charge in [0.05, 0.1) is 0 Å². The molecule has 1 aromatic rings. The van der Waals surface area contributed by atoms with Gasteiger partial charge in [-0.2, -0.15) is 0 Å². The molecule has 0 unspecified atom stereocenters. The average Bonchev–Trinajstić information content (AvgIpc) is 2.33. The molecule has 0 aromatic heterocycles. The van der Waals surface area contributed by atoms with Crippen molar-refractivity contribution in [1.29, 1.82) is 0 Å². The van der Waals surface area contributed by atoms with Crippen molar-refractivity contribution < 1.29 is 9.18 Å². The van der Waals surface area contributed by atoms with Gasteiger partial charge in [-0.05, 0) is 38.5 Å². The van der Waals surface area contributed by atoms with Crippen LogP contribution in [-0.2, 0) is 0 Å². The molecule has 2 nitrogen and oxygen atoms in total. The largest absolute Gasteiger partial charge is 0.369 e. The van der Waals surface area contributed by atoms with E-state index in [1.165, 1.54) is 18.6 Å². The van der Waals surface area contributed by atoms with E-state index in [0.717, 1.165) is 25.1 Å². The van der Waals surface area contributed by atoms with Crippen LogP contribution in [-0.4, -0.2) is 18.9 Å². The Balaban J connectivity index is 2.90. The summed E-state index contributed by atoms with van der Waals surface area (Å²) in [5.41, 5.74) is 1.19. The van der Waals surface area contributed by atoms with E-state index in [2.05, 4.69) is 25.7 Å². The Morgan fingerprint density at radius 1 is 1.28 bits per heavy atom. The zero-order valence-electron chi connectivity index (χ0n) is 11.4. The average molecular weight is 251 g/mol. The number of hydrogen-bond acceptors (Lipinski definition) is 2. The first kappa shape index (κ1) is 14.7. The van der Waals surface area contributed by atoms with E-state index >= 15 is 0 Å². The lowest BCUT2D eigenvalue weighted by atomic mass is 10.1. The van der Waals surface area contributed by atoms with Crippen molar-refractivity contribution in [3.63, 3.8) is 0 Å². The Morgan fingerprint density at radius 3 is 2.56 bits per heavy atom. The van der Waals surface area contributed by atoms with Crippen molar-refractivity contribution in [3.05, 3.63) is 29.6 Å². The molecule has 0 aliphatic carbocycles. The van der Waals surface area contributed by atoms with Gasteiger partial charge in [-0.15, -0.1) is 0 Å². The molecular formula is C15H22FNO. The molecule has 0 spiro atoms. The Morgan fingerprint density at radius 2 is 2.00 bits per heavy atom. The van der Waals surface area contributed by atoms with Crippen LogP contribution in [0.15, 0.2) is 18.2 Å². The van der Waals surface area contributed by atoms with Crippen molar-refractivity contribution in [1.82, 2.24) is 0 Å². The summed E-state index contributed by atoms with van der Waals surface area (Å²) in [5, 5.41) is 0. The molecule has 0 saturated heterocycles. The fourth-order valence-corrected chi connectivity index (χ4v) is 2.05. The predicted molar refractivity (Wildman–Crippen MR) is 73.8 cm³/mol. The molecule has 1 rings (SSSR count). The van der Waals surface area contributed by atoms with Crippen LogP contribution in [0.25, 0.3) is 0 Å². The topological polar surface area (TPSA) is 20.3 Å². The minimum absolute atomic E-state index is 0.295. The van der Waals surface area contributed by atoms with Crippen molar-refractivity contribution >= 4 is 12.0 Å². The number of halogens is 1. The number of hydrogen-bond donors (Lipinski definition) is 0. The molecule has 18 heavy (non-hydrogen) atoms. The van der Waals surface area contributed by atoms with E-state index in [4.69, 9.17) is 0 Å². The smallest absolute Gasteiger partial charge is 0.150 e. The van der Waals surface area contributed by atoms with E-state index in [0.29, 0.717) is 17.9 Å². The highest BCUT2D eigenvalue weighted by Gasteiger charge is 2.12. The van der Waals surface area contributed by atoms with Gasteiger partial charge in [0.2, 0.25) is 0 Å². The summed E-state index contributed by atoms with van der Waals surface area (Å²) in [6, 6.07) is 4.81. The highest BCUT2D eigenvalue weighted by atomic mass is 19.1. The van der Waals surface area contributed by atoms with E-state index in [-0.39, 0.29) is 5.82 Å². The zero-order chi connectivity index (χ0) is 13.5. The van der Waals surface area contributed by atoms with Crippen molar-refractivity contribution in [2.75, 3.05) is 11.4 Å². The molecule has 0 N–H and O–H groups in total. The number of benzene rings is 1. The fraction of sp³-hybridized carbons (Fsp3) is 0.533. The third-order valence-electron chi connectivity index (χ3n) is 3.00. The van der Waals surface area contributed by atoms with E-state index < -0.39 is 0 Å². The molecule has 0 aliphatic rings. The van der Waals surface area contributed by atoms with Gasteiger partial charge >= 0.3 is 0 Å². The minimum atomic E-state index is -0.351. The van der Waals surface area contributed by atoms with Crippen LogP contribution in [0.2, 0.25) is 0 Å². The van der Waals surface area contributed by atoms with Crippen LogP contribution < -0.4 is 4.90 Å².